The van der Waals surface area contributed by atoms with E-state index in [-0.39, 0.29) is 5.91 Å². The molecule has 1 N–H and O–H groups in total. The molecule has 150 valence electrons. The highest BCUT2D eigenvalue weighted by Crippen LogP contribution is 2.20. The van der Waals surface area contributed by atoms with E-state index in [4.69, 9.17) is 11.6 Å². The number of piperazine rings is 1. The fourth-order valence-corrected chi connectivity index (χ4v) is 4.52. The molecule has 2 aromatic rings. The first kappa shape index (κ1) is 21.2. The fourth-order valence-electron chi connectivity index (χ4n) is 3.02. The molecule has 2 heterocycles. The minimum Gasteiger partial charge on any atom is -0.369 e. The molecule has 1 amide bonds. The lowest BCUT2D eigenvalue weighted by Gasteiger charge is -2.36. The van der Waals surface area contributed by atoms with Crippen LogP contribution in [0.3, 0.4) is 0 Å². The van der Waals surface area contributed by atoms with Gasteiger partial charge in [0.1, 0.15) is 0 Å². The van der Waals surface area contributed by atoms with E-state index >= 15 is 0 Å². The molecular formula is C20H25ClN4OS2. The molecule has 0 atom stereocenters. The Morgan fingerprint density at radius 1 is 1.25 bits per heavy atom. The van der Waals surface area contributed by atoms with E-state index in [1.165, 1.54) is 5.69 Å². The average molecular weight is 437 g/mol. The van der Waals surface area contributed by atoms with Gasteiger partial charge in [0.05, 0.1) is 12.0 Å². The second-order valence-electron chi connectivity index (χ2n) is 6.52. The topological polar surface area (TPSA) is 47.9 Å². The van der Waals surface area contributed by atoms with Crippen LogP contribution in [0, 0.1) is 0 Å². The van der Waals surface area contributed by atoms with Gasteiger partial charge < -0.3 is 4.90 Å². The van der Waals surface area contributed by atoms with Crippen LogP contribution in [0.1, 0.15) is 11.3 Å². The van der Waals surface area contributed by atoms with E-state index in [9.17, 15) is 4.79 Å². The van der Waals surface area contributed by atoms with Gasteiger partial charge in [-0.25, -0.2) is 5.43 Å². The van der Waals surface area contributed by atoms with E-state index in [1.54, 1.807) is 29.3 Å². The number of amides is 1. The monoisotopic (exact) mass is 436 g/mol. The van der Waals surface area contributed by atoms with E-state index in [0.717, 1.165) is 54.8 Å². The van der Waals surface area contributed by atoms with Crippen LogP contribution in [0.4, 0.5) is 5.69 Å². The standard InChI is InChI=1S/C20H25ClN4OS2/c21-17-4-1-5-18(14-17)25-10-8-24(9-11-25)7-3-12-27-16-20(26)23-22-15-19-6-2-13-28-19/h1-2,4-6,13-15H,3,7-12,16H2,(H,23,26)/b22-15+. The number of thiophene rings is 1. The zero-order chi connectivity index (χ0) is 19.6. The van der Waals surface area contributed by atoms with Crippen molar-refractivity contribution in [3.8, 4) is 0 Å². The maximum Gasteiger partial charge on any atom is 0.250 e. The number of halogens is 1. The summed E-state index contributed by atoms with van der Waals surface area (Å²) in [6.07, 6.45) is 2.77. The number of carbonyl (C=O) groups is 1. The van der Waals surface area contributed by atoms with Gasteiger partial charge in [-0.05, 0) is 48.4 Å². The molecule has 0 bridgehead atoms. The number of hydrogen-bond donors (Lipinski definition) is 1. The zero-order valence-electron chi connectivity index (χ0n) is 15.7. The van der Waals surface area contributed by atoms with E-state index in [0.29, 0.717) is 5.75 Å². The molecule has 1 fully saturated rings. The molecule has 0 saturated carbocycles. The number of rotatable bonds is 9. The lowest BCUT2D eigenvalue weighted by molar-refractivity contribution is -0.118. The van der Waals surface area contributed by atoms with Crippen molar-refractivity contribution in [2.45, 2.75) is 6.42 Å². The molecule has 1 aromatic carbocycles. The van der Waals surface area contributed by atoms with Gasteiger partial charge in [0.25, 0.3) is 0 Å². The number of nitrogens with one attached hydrogen (secondary N) is 1. The van der Waals surface area contributed by atoms with Gasteiger partial charge >= 0.3 is 0 Å². The molecule has 0 radical (unpaired) electrons. The van der Waals surface area contributed by atoms with Gasteiger partial charge in [-0.1, -0.05) is 23.7 Å². The van der Waals surface area contributed by atoms with Crippen LogP contribution < -0.4 is 10.3 Å². The summed E-state index contributed by atoms with van der Waals surface area (Å²) < 4.78 is 0. The number of nitrogens with zero attached hydrogens (tertiary/aromatic N) is 3. The van der Waals surface area contributed by atoms with Crippen molar-refractivity contribution < 1.29 is 4.79 Å². The predicted molar refractivity (Wildman–Crippen MR) is 122 cm³/mol. The highest BCUT2D eigenvalue weighted by Gasteiger charge is 2.16. The second kappa shape index (κ2) is 11.5. The molecule has 1 aliphatic heterocycles. The van der Waals surface area contributed by atoms with Crippen LogP contribution in [0.2, 0.25) is 5.02 Å². The van der Waals surface area contributed by atoms with Crippen LogP contribution in [0.25, 0.3) is 0 Å². The summed E-state index contributed by atoms with van der Waals surface area (Å²) in [6.45, 7) is 5.26. The molecule has 1 saturated heterocycles. The molecule has 1 aliphatic rings. The summed E-state index contributed by atoms with van der Waals surface area (Å²) in [5.74, 6) is 1.38. The number of hydrazone groups is 1. The Balaban J connectivity index is 1.24. The summed E-state index contributed by atoms with van der Waals surface area (Å²) in [5, 5.41) is 6.75. The molecule has 28 heavy (non-hydrogen) atoms. The van der Waals surface area contributed by atoms with Crippen LogP contribution in [0.15, 0.2) is 46.9 Å². The normalized spacial score (nSPS) is 15.2. The van der Waals surface area contributed by atoms with Crippen molar-refractivity contribution in [3.05, 3.63) is 51.7 Å². The van der Waals surface area contributed by atoms with Crippen LogP contribution in [-0.2, 0) is 4.79 Å². The summed E-state index contributed by atoms with van der Waals surface area (Å²) in [5.41, 5.74) is 3.78. The first-order chi connectivity index (χ1) is 13.7. The SMILES string of the molecule is O=C(CSCCCN1CCN(c2cccc(Cl)c2)CC1)N/N=C/c1cccs1. The van der Waals surface area contributed by atoms with Crippen LogP contribution >= 0.6 is 34.7 Å². The highest BCUT2D eigenvalue weighted by molar-refractivity contribution is 7.99. The molecule has 5 nitrogen and oxygen atoms in total. The molecule has 1 aromatic heterocycles. The van der Waals surface area contributed by atoms with Gasteiger partial charge in [-0.15, -0.1) is 11.3 Å². The van der Waals surface area contributed by atoms with Gasteiger partial charge in [-0.2, -0.15) is 16.9 Å². The fraction of sp³-hybridized carbons (Fsp3) is 0.400. The molecule has 0 unspecified atom stereocenters. The van der Waals surface area contributed by atoms with E-state index < -0.39 is 0 Å². The van der Waals surface area contributed by atoms with Crippen molar-refractivity contribution in [1.29, 1.82) is 0 Å². The maximum atomic E-state index is 11.8. The molecule has 3 rings (SSSR count). The number of carbonyl (C=O) groups excluding carboxylic acids is 1. The second-order valence-corrected chi connectivity index (χ2v) is 9.04. The number of thioether (sulfide) groups is 1. The van der Waals surface area contributed by atoms with Crippen molar-refractivity contribution in [2.75, 3.05) is 49.1 Å². The van der Waals surface area contributed by atoms with Gasteiger partial charge in [0, 0.05) is 41.8 Å². The number of hydrogen-bond acceptors (Lipinski definition) is 6. The largest absolute Gasteiger partial charge is 0.369 e. The zero-order valence-corrected chi connectivity index (χ0v) is 18.1. The van der Waals surface area contributed by atoms with Crippen molar-refractivity contribution >= 4 is 52.5 Å². The Labute approximate surface area is 179 Å². The minimum atomic E-state index is -0.0482. The van der Waals surface area contributed by atoms with Crippen molar-refractivity contribution in [3.63, 3.8) is 0 Å². The Hall–Kier alpha value is -1.54. The quantitative estimate of drug-likeness (QED) is 0.369. The summed E-state index contributed by atoms with van der Waals surface area (Å²) >= 11 is 9.34. The lowest BCUT2D eigenvalue weighted by Crippen LogP contribution is -2.46. The third kappa shape index (κ3) is 7.13. The molecule has 0 spiro atoms. The maximum absolute atomic E-state index is 11.8. The van der Waals surface area contributed by atoms with Gasteiger partial charge in [0.2, 0.25) is 5.91 Å². The third-order valence-electron chi connectivity index (χ3n) is 4.47. The average Bonchev–Trinajstić information content (AvgIpc) is 3.22. The first-order valence-corrected chi connectivity index (χ1v) is 11.8. The van der Waals surface area contributed by atoms with Crippen LogP contribution in [0.5, 0.6) is 0 Å². The predicted octanol–water partition coefficient (Wildman–Crippen LogP) is 3.80. The first-order valence-electron chi connectivity index (χ1n) is 9.37. The lowest BCUT2D eigenvalue weighted by atomic mass is 10.2. The molecule has 8 heteroatoms. The smallest absolute Gasteiger partial charge is 0.250 e. The highest BCUT2D eigenvalue weighted by atomic mass is 35.5. The number of anilines is 1. The summed E-state index contributed by atoms with van der Waals surface area (Å²) in [6, 6.07) is 12.0. The Kier molecular flexibility index (Phi) is 8.67. The molecular weight excluding hydrogens is 412 g/mol. The van der Waals surface area contributed by atoms with Crippen molar-refractivity contribution in [1.82, 2.24) is 10.3 Å². The van der Waals surface area contributed by atoms with E-state index in [1.807, 2.05) is 35.7 Å². The Bertz CT molecular complexity index is 761. The van der Waals surface area contributed by atoms with Gasteiger partial charge in [0.15, 0.2) is 0 Å². The van der Waals surface area contributed by atoms with Crippen molar-refractivity contribution in [2.24, 2.45) is 5.10 Å². The van der Waals surface area contributed by atoms with Crippen LogP contribution in [-0.4, -0.2) is 61.3 Å². The number of benzene rings is 1. The summed E-state index contributed by atoms with van der Waals surface area (Å²) in [4.78, 5) is 17.7. The Morgan fingerprint density at radius 3 is 2.86 bits per heavy atom. The minimum absolute atomic E-state index is 0.0482. The Morgan fingerprint density at radius 2 is 2.11 bits per heavy atom. The van der Waals surface area contributed by atoms with Gasteiger partial charge in [-0.3, -0.25) is 9.69 Å². The summed E-state index contributed by atoms with van der Waals surface area (Å²) in [7, 11) is 0. The molecule has 0 aliphatic carbocycles. The third-order valence-corrected chi connectivity index (χ3v) is 6.55. The van der Waals surface area contributed by atoms with E-state index in [2.05, 4.69) is 26.4 Å².